The van der Waals surface area contributed by atoms with Crippen LogP contribution in [0.15, 0.2) is 39.6 Å². The van der Waals surface area contributed by atoms with Crippen LogP contribution in [0.2, 0.25) is 0 Å². The molecule has 1 N–H and O–H groups in total. The van der Waals surface area contributed by atoms with Crippen LogP contribution < -0.4 is 5.32 Å². The van der Waals surface area contributed by atoms with E-state index < -0.39 is 24.2 Å². The molecular formula is C16H15F2NO4S. The van der Waals surface area contributed by atoms with E-state index in [1.807, 2.05) is 0 Å². The maximum atomic E-state index is 12.2. The van der Waals surface area contributed by atoms with Crippen molar-refractivity contribution in [2.24, 2.45) is 0 Å². The molecule has 2 aromatic rings. The third-order valence-corrected chi connectivity index (χ3v) is 3.68. The van der Waals surface area contributed by atoms with Gasteiger partial charge in [0.2, 0.25) is 0 Å². The third kappa shape index (κ3) is 5.09. The number of ether oxygens (including phenoxy) is 1. The van der Waals surface area contributed by atoms with Crippen molar-refractivity contribution in [3.8, 4) is 0 Å². The van der Waals surface area contributed by atoms with Gasteiger partial charge in [0.15, 0.2) is 6.61 Å². The normalized spacial score (nSPS) is 10.7. The van der Waals surface area contributed by atoms with E-state index in [9.17, 15) is 18.4 Å². The molecular weight excluding hydrogens is 340 g/mol. The van der Waals surface area contributed by atoms with Gasteiger partial charge in [0.25, 0.3) is 11.7 Å². The highest BCUT2D eigenvalue weighted by molar-refractivity contribution is 7.99. The highest BCUT2D eigenvalue weighted by Crippen LogP contribution is 2.26. The summed E-state index contributed by atoms with van der Waals surface area (Å²) in [6.45, 7) is 2.87. The number of anilines is 1. The minimum absolute atomic E-state index is 0.272. The van der Waals surface area contributed by atoms with E-state index in [-0.39, 0.29) is 5.56 Å². The lowest BCUT2D eigenvalue weighted by molar-refractivity contribution is -0.119. The molecule has 0 saturated heterocycles. The Morgan fingerprint density at radius 3 is 2.46 bits per heavy atom. The molecule has 0 unspecified atom stereocenters. The number of hydrogen-bond acceptors (Lipinski definition) is 5. The summed E-state index contributed by atoms with van der Waals surface area (Å²) in [7, 11) is 0. The number of rotatable bonds is 6. The van der Waals surface area contributed by atoms with Crippen molar-refractivity contribution in [3.05, 3.63) is 47.4 Å². The molecule has 2 rings (SSSR count). The number of carbonyl (C=O) groups is 2. The molecule has 0 spiro atoms. The Morgan fingerprint density at radius 2 is 1.92 bits per heavy atom. The van der Waals surface area contributed by atoms with E-state index in [1.165, 1.54) is 30.3 Å². The first-order valence-corrected chi connectivity index (χ1v) is 7.82. The quantitative estimate of drug-likeness (QED) is 0.626. The molecule has 1 heterocycles. The minimum atomic E-state index is -2.50. The second kappa shape index (κ2) is 7.96. The van der Waals surface area contributed by atoms with Crippen LogP contribution in [0.3, 0.4) is 0 Å². The lowest BCUT2D eigenvalue weighted by Gasteiger charge is -2.07. The number of halogens is 2. The Hall–Kier alpha value is -2.35. The molecule has 128 valence electrons. The molecule has 0 radical (unpaired) electrons. The second-order valence-corrected chi connectivity index (χ2v) is 5.92. The highest BCUT2D eigenvalue weighted by atomic mass is 32.2. The maximum Gasteiger partial charge on any atom is 0.342 e. The molecule has 0 fully saturated rings. The van der Waals surface area contributed by atoms with Gasteiger partial charge in [0.05, 0.1) is 0 Å². The van der Waals surface area contributed by atoms with Gasteiger partial charge in [0.1, 0.15) is 17.1 Å². The lowest BCUT2D eigenvalue weighted by atomic mass is 10.2. The minimum Gasteiger partial charge on any atom is -0.466 e. The van der Waals surface area contributed by atoms with Crippen LogP contribution >= 0.6 is 11.8 Å². The molecule has 0 aliphatic carbocycles. The van der Waals surface area contributed by atoms with Crippen LogP contribution in [-0.4, -0.2) is 24.2 Å². The summed E-state index contributed by atoms with van der Waals surface area (Å²) in [5.74, 6) is -2.69. The number of aryl methyl sites for hydroxylation is 2. The topological polar surface area (TPSA) is 68.5 Å². The van der Waals surface area contributed by atoms with Gasteiger partial charge < -0.3 is 14.5 Å². The first-order valence-electron chi connectivity index (χ1n) is 6.94. The summed E-state index contributed by atoms with van der Waals surface area (Å²) in [6.07, 6.45) is 0. The Bertz CT molecular complexity index is 728. The number of benzene rings is 1. The van der Waals surface area contributed by atoms with Crippen molar-refractivity contribution in [2.45, 2.75) is 24.5 Å². The molecule has 1 aromatic heterocycles. The summed E-state index contributed by atoms with van der Waals surface area (Å²) in [6, 6.07) is 7.46. The highest BCUT2D eigenvalue weighted by Gasteiger charge is 2.16. The molecule has 0 saturated carbocycles. The zero-order valence-corrected chi connectivity index (χ0v) is 13.8. The van der Waals surface area contributed by atoms with E-state index in [4.69, 9.17) is 9.15 Å². The van der Waals surface area contributed by atoms with Crippen LogP contribution in [0.1, 0.15) is 21.9 Å². The van der Waals surface area contributed by atoms with Crippen molar-refractivity contribution < 1.29 is 27.5 Å². The first kappa shape index (κ1) is 18.0. The summed E-state index contributed by atoms with van der Waals surface area (Å²) < 4.78 is 34.6. The van der Waals surface area contributed by atoms with Crippen LogP contribution in [0.4, 0.5) is 14.5 Å². The number of nitrogens with one attached hydrogen (secondary N) is 1. The molecule has 0 aliphatic rings. The fourth-order valence-corrected chi connectivity index (χ4v) is 2.46. The second-order valence-electron chi connectivity index (χ2n) is 4.85. The van der Waals surface area contributed by atoms with Crippen molar-refractivity contribution in [3.63, 3.8) is 0 Å². The van der Waals surface area contributed by atoms with E-state index in [1.54, 1.807) is 13.8 Å². The number of alkyl halides is 2. The summed E-state index contributed by atoms with van der Waals surface area (Å²) in [4.78, 5) is 24.0. The molecule has 0 atom stereocenters. The Balaban J connectivity index is 1.85. The Morgan fingerprint density at radius 1 is 1.25 bits per heavy atom. The van der Waals surface area contributed by atoms with Gasteiger partial charge in [-0.15, -0.1) is 0 Å². The van der Waals surface area contributed by atoms with Gasteiger partial charge in [-0.25, -0.2) is 4.79 Å². The molecule has 24 heavy (non-hydrogen) atoms. The maximum absolute atomic E-state index is 12.2. The number of furan rings is 1. The molecule has 1 amide bonds. The predicted octanol–water partition coefficient (Wildman–Crippen LogP) is 4.01. The number of hydrogen-bond donors (Lipinski definition) is 1. The number of thioether (sulfide) groups is 1. The molecule has 0 aliphatic heterocycles. The van der Waals surface area contributed by atoms with Gasteiger partial charge in [-0.05, 0) is 44.2 Å². The van der Waals surface area contributed by atoms with Crippen molar-refractivity contribution in [1.29, 1.82) is 0 Å². The standard InChI is InChI=1S/C16H15F2NO4S/c1-9-7-13(10(2)23-9)15(21)22-8-14(20)19-11-3-5-12(6-4-11)24-16(17)18/h3-7,16H,8H2,1-2H3,(H,19,20). The van der Waals surface area contributed by atoms with Crippen molar-refractivity contribution in [2.75, 3.05) is 11.9 Å². The zero-order valence-electron chi connectivity index (χ0n) is 13.0. The molecule has 1 aromatic carbocycles. The number of esters is 1. The molecule has 8 heteroatoms. The number of carbonyl (C=O) groups excluding carboxylic acids is 2. The number of amides is 1. The summed E-state index contributed by atoms with van der Waals surface area (Å²) >= 11 is 0.417. The van der Waals surface area contributed by atoms with Gasteiger partial charge in [0, 0.05) is 10.6 Å². The van der Waals surface area contributed by atoms with Crippen LogP contribution in [0.25, 0.3) is 0 Å². The summed E-state index contributed by atoms with van der Waals surface area (Å²) in [5, 5.41) is 2.51. The monoisotopic (exact) mass is 355 g/mol. The zero-order chi connectivity index (χ0) is 17.7. The van der Waals surface area contributed by atoms with Crippen LogP contribution in [0, 0.1) is 13.8 Å². The van der Waals surface area contributed by atoms with Crippen molar-refractivity contribution >= 4 is 29.3 Å². The van der Waals surface area contributed by atoms with Crippen molar-refractivity contribution in [1.82, 2.24) is 0 Å². The average molecular weight is 355 g/mol. The summed E-state index contributed by atoms with van der Waals surface area (Å²) in [5.41, 5.74) is 0.693. The smallest absolute Gasteiger partial charge is 0.342 e. The van der Waals surface area contributed by atoms with Gasteiger partial charge >= 0.3 is 5.97 Å². The Labute approximate surface area is 141 Å². The third-order valence-electron chi connectivity index (χ3n) is 2.96. The van der Waals surface area contributed by atoms with E-state index in [0.717, 1.165) is 0 Å². The van der Waals surface area contributed by atoms with Gasteiger partial charge in [-0.1, -0.05) is 11.8 Å². The predicted molar refractivity (Wildman–Crippen MR) is 85.4 cm³/mol. The lowest BCUT2D eigenvalue weighted by Crippen LogP contribution is -2.21. The molecule has 5 nitrogen and oxygen atoms in total. The largest absolute Gasteiger partial charge is 0.466 e. The van der Waals surface area contributed by atoms with Crippen LogP contribution in [-0.2, 0) is 9.53 Å². The van der Waals surface area contributed by atoms with E-state index in [2.05, 4.69) is 5.32 Å². The molecule has 0 bridgehead atoms. The van der Waals surface area contributed by atoms with E-state index in [0.29, 0.717) is 33.9 Å². The first-order chi connectivity index (χ1) is 11.3. The van der Waals surface area contributed by atoms with Gasteiger partial charge in [-0.3, -0.25) is 4.79 Å². The fourth-order valence-electron chi connectivity index (χ4n) is 1.96. The SMILES string of the molecule is Cc1cc(C(=O)OCC(=O)Nc2ccc(SC(F)F)cc2)c(C)o1. The fraction of sp³-hybridized carbons (Fsp3) is 0.250. The average Bonchev–Trinajstić information content (AvgIpc) is 2.85. The van der Waals surface area contributed by atoms with E-state index >= 15 is 0 Å². The van der Waals surface area contributed by atoms with Gasteiger partial charge in [-0.2, -0.15) is 8.78 Å². The van der Waals surface area contributed by atoms with Crippen LogP contribution in [0.5, 0.6) is 0 Å². The Kier molecular flexibility index (Phi) is 5.97.